The van der Waals surface area contributed by atoms with Crippen molar-refractivity contribution in [2.24, 2.45) is 0 Å². The van der Waals surface area contributed by atoms with Crippen molar-refractivity contribution in [3.8, 4) is 0 Å². The van der Waals surface area contributed by atoms with E-state index in [9.17, 15) is 0 Å². The number of hydrogen-bond acceptors (Lipinski definition) is 1. The third-order valence-corrected chi connectivity index (χ3v) is 6.51. The second-order valence-corrected chi connectivity index (χ2v) is 8.45. The van der Waals surface area contributed by atoms with Gasteiger partial charge in [0.25, 0.3) is 0 Å². The summed E-state index contributed by atoms with van der Waals surface area (Å²) in [6, 6.07) is 13.9. The molecule has 0 heterocycles. The van der Waals surface area contributed by atoms with Crippen molar-refractivity contribution < 1.29 is 0 Å². The molecule has 3 aromatic rings. The number of benzene rings is 3. The Labute approximate surface area is 171 Å². The van der Waals surface area contributed by atoms with Crippen molar-refractivity contribution in [2.45, 2.75) is 62.3 Å². The lowest BCUT2D eigenvalue weighted by atomic mass is 9.98. The van der Waals surface area contributed by atoms with E-state index in [1.165, 1.54) is 67.1 Å². The van der Waals surface area contributed by atoms with Gasteiger partial charge in [0.15, 0.2) is 0 Å². The molecule has 0 aromatic heterocycles. The first-order valence-electron chi connectivity index (χ1n) is 10.1. The lowest BCUT2D eigenvalue weighted by Gasteiger charge is -2.29. The SMILES string of the molecule is Cc1cc(N(c2cc(C)c(C)c(C)c2)c2cc(C)c(C)c(C)c2)cc(C)c1C. The Hall–Kier alpha value is -2.54. The third-order valence-electron chi connectivity index (χ3n) is 6.51. The van der Waals surface area contributed by atoms with Crippen LogP contribution in [0.1, 0.15) is 50.1 Å². The maximum atomic E-state index is 2.42. The summed E-state index contributed by atoms with van der Waals surface area (Å²) in [6.45, 7) is 19.9. The zero-order chi connectivity index (χ0) is 20.7. The van der Waals surface area contributed by atoms with Gasteiger partial charge in [-0.1, -0.05) is 0 Å². The van der Waals surface area contributed by atoms with Gasteiger partial charge in [0.2, 0.25) is 0 Å². The molecule has 0 radical (unpaired) electrons. The molecule has 3 aromatic carbocycles. The molecule has 0 unspecified atom stereocenters. The molecular formula is C27H33N. The Morgan fingerprint density at radius 2 is 0.536 bits per heavy atom. The predicted molar refractivity (Wildman–Crippen MR) is 124 cm³/mol. The van der Waals surface area contributed by atoms with Crippen LogP contribution in [0.3, 0.4) is 0 Å². The predicted octanol–water partition coefficient (Wildman–Crippen LogP) is 7.93. The van der Waals surface area contributed by atoms with Crippen LogP contribution in [-0.4, -0.2) is 0 Å². The van der Waals surface area contributed by atoms with Crippen molar-refractivity contribution in [3.63, 3.8) is 0 Å². The van der Waals surface area contributed by atoms with Gasteiger partial charge in [-0.15, -0.1) is 0 Å². The van der Waals surface area contributed by atoms with Crippen molar-refractivity contribution in [1.29, 1.82) is 0 Å². The second kappa shape index (κ2) is 7.47. The standard InChI is InChI=1S/C27H33N/c1-16-10-25(11-17(2)22(16)7)28(26-12-18(3)23(8)19(4)13-26)27-14-20(5)24(9)21(6)15-27/h10-15H,1-9H3. The van der Waals surface area contributed by atoms with Gasteiger partial charge in [-0.2, -0.15) is 0 Å². The highest BCUT2D eigenvalue weighted by Crippen LogP contribution is 2.39. The van der Waals surface area contributed by atoms with E-state index in [1.807, 2.05) is 0 Å². The zero-order valence-corrected chi connectivity index (χ0v) is 18.9. The Morgan fingerprint density at radius 1 is 0.357 bits per heavy atom. The smallest absolute Gasteiger partial charge is 0.0467 e. The highest BCUT2D eigenvalue weighted by molar-refractivity contribution is 5.79. The summed E-state index contributed by atoms with van der Waals surface area (Å²) in [5.41, 5.74) is 15.8. The fraction of sp³-hybridized carbons (Fsp3) is 0.333. The number of hydrogen-bond donors (Lipinski definition) is 0. The van der Waals surface area contributed by atoms with Gasteiger partial charge in [0.05, 0.1) is 0 Å². The minimum Gasteiger partial charge on any atom is -0.310 e. The minimum atomic E-state index is 1.23. The van der Waals surface area contributed by atoms with Crippen LogP contribution < -0.4 is 4.90 Å². The molecule has 1 nitrogen and oxygen atoms in total. The van der Waals surface area contributed by atoms with Crippen LogP contribution in [0.5, 0.6) is 0 Å². The molecule has 28 heavy (non-hydrogen) atoms. The molecule has 0 atom stereocenters. The lowest BCUT2D eigenvalue weighted by Crippen LogP contribution is -2.12. The van der Waals surface area contributed by atoms with Crippen LogP contribution in [0.2, 0.25) is 0 Å². The summed E-state index contributed by atoms with van der Waals surface area (Å²) < 4.78 is 0. The molecular weight excluding hydrogens is 338 g/mol. The fourth-order valence-corrected chi connectivity index (χ4v) is 3.87. The molecule has 0 aliphatic rings. The number of rotatable bonds is 3. The topological polar surface area (TPSA) is 3.24 Å². The van der Waals surface area contributed by atoms with Crippen LogP contribution in [0.15, 0.2) is 36.4 Å². The van der Waals surface area contributed by atoms with Crippen LogP contribution in [0.4, 0.5) is 17.1 Å². The first-order chi connectivity index (χ1) is 13.1. The van der Waals surface area contributed by atoms with E-state index in [1.54, 1.807) is 0 Å². The summed E-state index contributed by atoms with van der Waals surface area (Å²) in [5, 5.41) is 0. The zero-order valence-electron chi connectivity index (χ0n) is 18.9. The van der Waals surface area contributed by atoms with Crippen molar-refractivity contribution in [2.75, 3.05) is 4.90 Å². The maximum Gasteiger partial charge on any atom is 0.0467 e. The van der Waals surface area contributed by atoms with Crippen LogP contribution >= 0.6 is 0 Å². The fourth-order valence-electron chi connectivity index (χ4n) is 3.87. The summed E-state index contributed by atoms with van der Waals surface area (Å²) in [7, 11) is 0. The summed E-state index contributed by atoms with van der Waals surface area (Å²) in [5.74, 6) is 0. The van der Waals surface area contributed by atoms with Gasteiger partial charge in [0.1, 0.15) is 0 Å². The normalized spacial score (nSPS) is 11.0. The quantitative estimate of drug-likeness (QED) is 0.452. The van der Waals surface area contributed by atoms with Crippen LogP contribution in [0, 0.1) is 62.3 Å². The van der Waals surface area contributed by atoms with E-state index in [-0.39, 0.29) is 0 Å². The van der Waals surface area contributed by atoms with Crippen LogP contribution in [0.25, 0.3) is 0 Å². The molecule has 0 N–H and O–H groups in total. The molecule has 0 amide bonds. The van der Waals surface area contributed by atoms with Gasteiger partial charge in [-0.25, -0.2) is 0 Å². The van der Waals surface area contributed by atoms with Crippen molar-refractivity contribution in [3.05, 3.63) is 86.5 Å². The van der Waals surface area contributed by atoms with Gasteiger partial charge >= 0.3 is 0 Å². The first-order valence-corrected chi connectivity index (χ1v) is 10.1. The number of nitrogens with zero attached hydrogens (tertiary/aromatic N) is 1. The average molecular weight is 372 g/mol. The van der Waals surface area contributed by atoms with Crippen LogP contribution in [-0.2, 0) is 0 Å². The Bertz CT molecular complexity index is 850. The minimum absolute atomic E-state index is 1.23. The van der Waals surface area contributed by atoms with E-state index in [4.69, 9.17) is 0 Å². The van der Waals surface area contributed by atoms with E-state index in [2.05, 4.69) is 104 Å². The van der Waals surface area contributed by atoms with Crippen molar-refractivity contribution in [1.82, 2.24) is 0 Å². The van der Waals surface area contributed by atoms with E-state index in [0.717, 1.165) is 0 Å². The molecule has 0 saturated carbocycles. The highest BCUT2D eigenvalue weighted by atomic mass is 15.1. The molecule has 0 bridgehead atoms. The Kier molecular flexibility index (Phi) is 5.39. The molecule has 0 aliphatic carbocycles. The third kappa shape index (κ3) is 3.58. The number of aryl methyl sites for hydroxylation is 6. The molecule has 0 spiro atoms. The summed E-state index contributed by atoms with van der Waals surface area (Å²) in [4.78, 5) is 2.42. The van der Waals surface area contributed by atoms with Gasteiger partial charge in [-0.05, 0) is 149 Å². The van der Waals surface area contributed by atoms with E-state index in [0.29, 0.717) is 0 Å². The van der Waals surface area contributed by atoms with E-state index >= 15 is 0 Å². The second-order valence-electron chi connectivity index (χ2n) is 8.45. The maximum absolute atomic E-state index is 2.42. The van der Waals surface area contributed by atoms with Crippen molar-refractivity contribution >= 4 is 17.1 Å². The Balaban J connectivity index is 2.32. The number of anilines is 3. The first kappa shape index (κ1) is 20.2. The molecule has 3 rings (SSSR count). The molecule has 0 aliphatic heterocycles. The lowest BCUT2D eigenvalue weighted by molar-refractivity contribution is 1.17. The largest absolute Gasteiger partial charge is 0.310 e. The summed E-state index contributed by atoms with van der Waals surface area (Å²) in [6.07, 6.45) is 0. The molecule has 0 fully saturated rings. The molecule has 146 valence electrons. The molecule has 0 saturated heterocycles. The Morgan fingerprint density at radius 3 is 0.714 bits per heavy atom. The van der Waals surface area contributed by atoms with Gasteiger partial charge < -0.3 is 4.90 Å². The highest BCUT2D eigenvalue weighted by Gasteiger charge is 2.17. The average Bonchev–Trinajstić information content (AvgIpc) is 2.62. The van der Waals surface area contributed by atoms with Gasteiger partial charge in [-0.3, -0.25) is 0 Å². The monoisotopic (exact) mass is 371 g/mol. The van der Waals surface area contributed by atoms with Gasteiger partial charge in [0, 0.05) is 17.1 Å². The molecule has 1 heteroatoms. The summed E-state index contributed by atoms with van der Waals surface area (Å²) >= 11 is 0. The van der Waals surface area contributed by atoms with E-state index < -0.39 is 0 Å².